The van der Waals surface area contributed by atoms with E-state index in [2.05, 4.69) is 15.3 Å². The first-order valence-corrected chi connectivity index (χ1v) is 5.15. The van der Waals surface area contributed by atoms with E-state index in [-0.39, 0.29) is 0 Å². The smallest absolute Gasteiger partial charge is 0.225 e. The van der Waals surface area contributed by atoms with Gasteiger partial charge in [-0.05, 0) is 12.1 Å². The number of nitrogens with zero attached hydrogens (tertiary/aromatic N) is 2. The molecular weight excluding hydrogens is 218 g/mol. The number of ether oxygens (including phenoxy) is 2. The van der Waals surface area contributed by atoms with Gasteiger partial charge in [-0.25, -0.2) is 4.98 Å². The number of aromatic nitrogens is 2. The van der Waals surface area contributed by atoms with Crippen LogP contribution in [0.3, 0.4) is 0 Å². The van der Waals surface area contributed by atoms with Crippen molar-refractivity contribution in [1.29, 1.82) is 0 Å². The highest BCUT2D eigenvalue weighted by Gasteiger charge is 2.05. The highest BCUT2D eigenvalue weighted by atomic mass is 16.5. The fourth-order valence-electron chi connectivity index (χ4n) is 1.34. The summed E-state index contributed by atoms with van der Waals surface area (Å²) < 4.78 is 10.8. The van der Waals surface area contributed by atoms with Gasteiger partial charge >= 0.3 is 0 Å². The maximum Gasteiger partial charge on any atom is 0.225 e. The molecule has 5 nitrogen and oxygen atoms in total. The standard InChI is InChI=1S/C12H13N3O2/c1-13-12-14-8-7-11(15-12)17-10-6-4-3-5-9(10)16-2/h3-8H,1-2H3,(H,13,14,15). The Kier molecular flexibility index (Phi) is 3.40. The number of rotatable bonds is 4. The van der Waals surface area contributed by atoms with Gasteiger partial charge in [0.25, 0.3) is 0 Å². The van der Waals surface area contributed by atoms with E-state index in [1.165, 1.54) is 0 Å². The average molecular weight is 231 g/mol. The van der Waals surface area contributed by atoms with E-state index in [1.54, 1.807) is 26.4 Å². The summed E-state index contributed by atoms with van der Waals surface area (Å²) in [5, 5.41) is 2.85. The van der Waals surface area contributed by atoms with Crippen molar-refractivity contribution in [3.8, 4) is 17.4 Å². The summed E-state index contributed by atoms with van der Waals surface area (Å²) in [5.41, 5.74) is 0. The molecule has 88 valence electrons. The van der Waals surface area contributed by atoms with Crippen molar-refractivity contribution in [3.05, 3.63) is 36.5 Å². The number of hydrogen-bond donors (Lipinski definition) is 1. The molecule has 0 saturated heterocycles. The van der Waals surface area contributed by atoms with Gasteiger partial charge in [-0.1, -0.05) is 12.1 Å². The van der Waals surface area contributed by atoms with Crippen LogP contribution < -0.4 is 14.8 Å². The van der Waals surface area contributed by atoms with Gasteiger partial charge in [0.1, 0.15) is 0 Å². The van der Waals surface area contributed by atoms with Crippen LogP contribution in [0.2, 0.25) is 0 Å². The Hall–Kier alpha value is -2.30. The molecule has 1 aromatic heterocycles. The van der Waals surface area contributed by atoms with E-state index in [1.807, 2.05) is 24.3 Å². The van der Waals surface area contributed by atoms with Gasteiger partial charge in [0.05, 0.1) is 7.11 Å². The summed E-state index contributed by atoms with van der Waals surface area (Å²) in [7, 11) is 3.35. The topological polar surface area (TPSA) is 56.3 Å². The van der Waals surface area contributed by atoms with Crippen molar-refractivity contribution in [1.82, 2.24) is 9.97 Å². The molecule has 1 aromatic carbocycles. The van der Waals surface area contributed by atoms with Crippen LogP contribution in [0.1, 0.15) is 0 Å². The Labute approximate surface area is 99.4 Å². The Balaban J connectivity index is 2.24. The Morgan fingerprint density at radius 3 is 2.59 bits per heavy atom. The Morgan fingerprint density at radius 1 is 1.12 bits per heavy atom. The molecule has 1 N–H and O–H groups in total. The van der Waals surface area contributed by atoms with Crippen molar-refractivity contribution >= 4 is 5.95 Å². The number of anilines is 1. The van der Waals surface area contributed by atoms with E-state index < -0.39 is 0 Å². The molecule has 1 heterocycles. The fraction of sp³-hybridized carbons (Fsp3) is 0.167. The van der Waals surface area contributed by atoms with E-state index in [0.717, 1.165) is 0 Å². The molecule has 17 heavy (non-hydrogen) atoms. The quantitative estimate of drug-likeness (QED) is 0.875. The number of nitrogens with one attached hydrogen (secondary N) is 1. The number of para-hydroxylation sites is 2. The molecule has 0 fully saturated rings. The lowest BCUT2D eigenvalue weighted by Crippen LogP contribution is -1.97. The molecule has 0 amide bonds. The first-order chi connectivity index (χ1) is 8.33. The first kappa shape index (κ1) is 11.2. The maximum atomic E-state index is 5.63. The second kappa shape index (κ2) is 5.16. The van der Waals surface area contributed by atoms with Crippen LogP contribution in [0.15, 0.2) is 36.5 Å². The molecule has 0 radical (unpaired) electrons. The van der Waals surface area contributed by atoms with Crippen LogP contribution >= 0.6 is 0 Å². The van der Waals surface area contributed by atoms with Crippen molar-refractivity contribution in [2.24, 2.45) is 0 Å². The maximum absolute atomic E-state index is 5.63. The van der Waals surface area contributed by atoms with Gasteiger partial charge in [-0.2, -0.15) is 4.98 Å². The summed E-state index contributed by atoms with van der Waals surface area (Å²) in [5.74, 6) is 2.26. The SMILES string of the molecule is CNc1nccc(Oc2ccccc2OC)n1. The summed E-state index contributed by atoms with van der Waals surface area (Å²) >= 11 is 0. The van der Waals surface area contributed by atoms with Gasteiger partial charge in [0, 0.05) is 19.3 Å². The largest absolute Gasteiger partial charge is 0.493 e. The van der Waals surface area contributed by atoms with Crippen LogP contribution in [0, 0.1) is 0 Å². The normalized spacial score (nSPS) is 9.76. The molecule has 2 aromatic rings. The van der Waals surface area contributed by atoms with Crippen molar-refractivity contribution < 1.29 is 9.47 Å². The lowest BCUT2D eigenvalue weighted by molar-refractivity contribution is 0.374. The minimum absolute atomic E-state index is 0.467. The highest BCUT2D eigenvalue weighted by Crippen LogP contribution is 2.29. The van der Waals surface area contributed by atoms with E-state index >= 15 is 0 Å². The highest BCUT2D eigenvalue weighted by molar-refractivity contribution is 5.41. The minimum atomic E-state index is 0.467. The second-order valence-corrected chi connectivity index (χ2v) is 3.22. The van der Waals surface area contributed by atoms with Gasteiger partial charge in [0.15, 0.2) is 11.5 Å². The lowest BCUT2D eigenvalue weighted by atomic mass is 10.3. The third-order valence-corrected chi connectivity index (χ3v) is 2.14. The number of hydrogen-bond acceptors (Lipinski definition) is 5. The summed E-state index contributed by atoms with van der Waals surface area (Å²) in [4.78, 5) is 8.17. The first-order valence-electron chi connectivity index (χ1n) is 5.15. The predicted octanol–water partition coefficient (Wildman–Crippen LogP) is 2.32. The van der Waals surface area contributed by atoms with Crippen molar-refractivity contribution in [3.63, 3.8) is 0 Å². The summed E-state index contributed by atoms with van der Waals surface area (Å²) in [6.45, 7) is 0. The summed E-state index contributed by atoms with van der Waals surface area (Å²) in [6, 6.07) is 9.09. The van der Waals surface area contributed by atoms with Crippen LogP contribution in [0.5, 0.6) is 17.4 Å². The zero-order valence-corrected chi connectivity index (χ0v) is 9.68. The van der Waals surface area contributed by atoms with E-state index in [0.29, 0.717) is 23.3 Å². The zero-order chi connectivity index (χ0) is 12.1. The van der Waals surface area contributed by atoms with Crippen molar-refractivity contribution in [2.75, 3.05) is 19.5 Å². The molecule has 0 unspecified atom stereocenters. The second-order valence-electron chi connectivity index (χ2n) is 3.22. The molecule has 0 saturated carbocycles. The van der Waals surface area contributed by atoms with Gasteiger partial charge < -0.3 is 14.8 Å². The lowest BCUT2D eigenvalue weighted by Gasteiger charge is -2.09. The number of methoxy groups -OCH3 is 1. The van der Waals surface area contributed by atoms with E-state index in [4.69, 9.17) is 9.47 Å². The van der Waals surface area contributed by atoms with Crippen molar-refractivity contribution in [2.45, 2.75) is 0 Å². The Morgan fingerprint density at radius 2 is 1.88 bits per heavy atom. The zero-order valence-electron chi connectivity index (χ0n) is 9.68. The summed E-state index contributed by atoms with van der Waals surface area (Å²) in [6.07, 6.45) is 1.63. The monoisotopic (exact) mass is 231 g/mol. The van der Waals surface area contributed by atoms with Gasteiger partial charge in [-0.15, -0.1) is 0 Å². The average Bonchev–Trinajstić information content (AvgIpc) is 2.39. The molecule has 0 spiro atoms. The molecule has 5 heteroatoms. The van der Waals surface area contributed by atoms with E-state index in [9.17, 15) is 0 Å². The van der Waals surface area contributed by atoms with Gasteiger partial charge in [-0.3, -0.25) is 0 Å². The fourth-order valence-corrected chi connectivity index (χ4v) is 1.34. The third kappa shape index (κ3) is 2.63. The molecule has 0 bridgehead atoms. The molecular formula is C12H13N3O2. The van der Waals surface area contributed by atoms with Crippen LogP contribution in [0.25, 0.3) is 0 Å². The molecule has 2 rings (SSSR count). The molecule has 0 atom stereocenters. The van der Waals surface area contributed by atoms with Gasteiger partial charge in [0.2, 0.25) is 11.8 Å². The predicted molar refractivity (Wildman–Crippen MR) is 64.6 cm³/mol. The van der Waals surface area contributed by atoms with Crippen LogP contribution in [-0.4, -0.2) is 24.1 Å². The Bertz CT molecular complexity index is 503. The molecule has 0 aliphatic carbocycles. The molecule has 0 aliphatic heterocycles. The minimum Gasteiger partial charge on any atom is -0.493 e. The van der Waals surface area contributed by atoms with Crippen LogP contribution in [0.4, 0.5) is 5.95 Å². The number of benzene rings is 1. The molecule has 0 aliphatic rings. The van der Waals surface area contributed by atoms with Crippen LogP contribution in [-0.2, 0) is 0 Å². The third-order valence-electron chi connectivity index (χ3n) is 2.14.